The van der Waals surface area contributed by atoms with E-state index in [1.807, 2.05) is 7.05 Å². The van der Waals surface area contributed by atoms with Crippen LogP contribution >= 0.6 is 0 Å². The maximum absolute atomic E-state index is 3.36. The molecule has 1 fully saturated rings. The Morgan fingerprint density at radius 3 is 1.93 bits per heavy atom. The van der Waals surface area contributed by atoms with Crippen molar-refractivity contribution < 1.29 is 0 Å². The fourth-order valence-electron chi connectivity index (χ4n) is 1.96. The molecule has 1 saturated heterocycles. The molecule has 1 aliphatic heterocycles. The average Bonchev–Trinajstić information content (AvgIpc) is 2.18. The van der Waals surface area contributed by atoms with Gasteiger partial charge in [0.25, 0.3) is 0 Å². The van der Waals surface area contributed by atoms with E-state index in [1.165, 1.54) is 26.2 Å². The summed E-state index contributed by atoms with van der Waals surface area (Å²) >= 11 is 0. The molecule has 1 N–H and O–H groups in total. The molecule has 0 bridgehead atoms. The number of nitrogens with zero attached hydrogens (tertiary/aromatic N) is 2. The van der Waals surface area contributed by atoms with Gasteiger partial charge in [0.1, 0.15) is 0 Å². The van der Waals surface area contributed by atoms with Crippen LogP contribution in [0.3, 0.4) is 0 Å². The van der Waals surface area contributed by atoms with Gasteiger partial charge in [-0.05, 0) is 34.7 Å². The van der Waals surface area contributed by atoms with Crippen LogP contribution in [0.5, 0.6) is 0 Å². The molecule has 0 aromatic heterocycles. The minimum Gasteiger partial charge on any atom is -0.303 e. The van der Waals surface area contributed by atoms with Crippen molar-refractivity contribution in [2.45, 2.75) is 39.4 Å². The smallest absolute Gasteiger partial charge is 0.0652 e. The van der Waals surface area contributed by atoms with Gasteiger partial charge in [-0.15, -0.1) is 0 Å². The van der Waals surface area contributed by atoms with Crippen molar-refractivity contribution in [3.63, 3.8) is 0 Å². The van der Waals surface area contributed by atoms with Gasteiger partial charge >= 0.3 is 0 Å². The Morgan fingerprint density at radius 1 is 1.07 bits per heavy atom. The van der Waals surface area contributed by atoms with Gasteiger partial charge in [-0.1, -0.05) is 0 Å². The van der Waals surface area contributed by atoms with E-state index >= 15 is 0 Å². The summed E-state index contributed by atoms with van der Waals surface area (Å²) in [5, 5.41) is 3.36. The van der Waals surface area contributed by atoms with Crippen LogP contribution in [0.4, 0.5) is 0 Å². The van der Waals surface area contributed by atoms with Gasteiger partial charge in [0.15, 0.2) is 0 Å². The lowest BCUT2D eigenvalue weighted by Gasteiger charge is -2.44. The Labute approximate surface area is 88.5 Å². The lowest BCUT2D eigenvalue weighted by molar-refractivity contribution is 0.0265. The number of hydrogen-bond donors (Lipinski definition) is 1. The zero-order chi connectivity index (χ0) is 10.8. The third-order valence-corrected chi connectivity index (χ3v) is 3.45. The Balaban J connectivity index is 2.43. The Morgan fingerprint density at radius 2 is 1.57 bits per heavy atom. The molecule has 0 amide bonds. The first-order chi connectivity index (χ1) is 6.47. The van der Waals surface area contributed by atoms with Crippen molar-refractivity contribution in [3.8, 4) is 0 Å². The lowest BCUT2D eigenvalue weighted by Crippen LogP contribution is -2.60. The predicted octanol–water partition coefficient (Wildman–Crippen LogP) is 0.968. The van der Waals surface area contributed by atoms with Gasteiger partial charge in [0.05, 0.1) is 5.66 Å². The first-order valence-corrected chi connectivity index (χ1v) is 5.65. The first-order valence-electron chi connectivity index (χ1n) is 5.65. The summed E-state index contributed by atoms with van der Waals surface area (Å²) in [7, 11) is 2.04. The average molecular weight is 199 g/mol. The van der Waals surface area contributed by atoms with Crippen molar-refractivity contribution in [2.24, 2.45) is 0 Å². The Bertz CT molecular complexity index is 169. The van der Waals surface area contributed by atoms with Crippen LogP contribution in [0.2, 0.25) is 0 Å². The van der Waals surface area contributed by atoms with Crippen LogP contribution < -0.4 is 5.32 Å². The predicted molar refractivity (Wildman–Crippen MR) is 61.4 cm³/mol. The minimum absolute atomic E-state index is 0.142. The molecule has 1 rings (SSSR count). The van der Waals surface area contributed by atoms with Crippen LogP contribution in [-0.2, 0) is 0 Å². The minimum atomic E-state index is 0.142. The van der Waals surface area contributed by atoms with Crippen molar-refractivity contribution >= 4 is 0 Å². The maximum atomic E-state index is 3.36. The molecular weight excluding hydrogens is 174 g/mol. The highest BCUT2D eigenvalue weighted by Gasteiger charge is 2.28. The third-order valence-electron chi connectivity index (χ3n) is 3.45. The monoisotopic (exact) mass is 199 g/mol. The zero-order valence-electron chi connectivity index (χ0n) is 10.3. The van der Waals surface area contributed by atoms with E-state index in [0.717, 1.165) is 0 Å². The Hall–Kier alpha value is -0.120. The van der Waals surface area contributed by atoms with Gasteiger partial charge in [-0.3, -0.25) is 9.80 Å². The second-order valence-electron chi connectivity index (χ2n) is 4.93. The zero-order valence-corrected chi connectivity index (χ0v) is 10.3. The molecule has 14 heavy (non-hydrogen) atoms. The molecule has 0 unspecified atom stereocenters. The molecule has 0 atom stereocenters. The SMILES string of the molecule is CNC(C)(C)N1CCN(C(C)C)CC1. The van der Waals surface area contributed by atoms with E-state index in [9.17, 15) is 0 Å². The van der Waals surface area contributed by atoms with E-state index in [4.69, 9.17) is 0 Å². The molecule has 1 aliphatic rings. The fourth-order valence-corrected chi connectivity index (χ4v) is 1.96. The summed E-state index contributed by atoms with van der Waals surface area (Å²) in [5.74, 6) is 0. The second-order valence-corrected chi connectivity index (χ2v) is 4.93. The first kappa shape index (κ1) is 12.0. The molecule has 0 aromatic carbocycles. The number of rotatable bonds is 3. The summed E-state index contributed by atoms with van der Waals surface area (Å²) < 4.78 is 0. The van der Waals surface area contributed by atoms with E-state index in [1.54, 1.807) is 0 Å². The molecule has 0 radical (unpaired) electrons. The van der Waals surface area contributed by atoms with Crippen LogP contribution in [0.15, 0.2) is 0 Å². The van der Waals surface area contributed by atoms with Crippen molar-refractivity contribution in [1.82, 2.24) is 15.1 Å². The molecule has 3 nitrogen and oxygen atoms in total. The molecule has 84 valence electrons. The molecule has 1 heterocycles. The van der Waals surface area contributed by atoms with Gasteiger partial charge < -0.3 is 5.32 Å². The van der Waals surface area contributed by atoms with E-state index in [-0.39, 0.29) is 5.66 Å². The molecule has 0 saturated carbocycles. The topological polar surface area (TPSA) is 18.5 Å². The van der Waals surface area contributed by atoms with Gasteiger partial charge in [0, 0.05) is 32.2 Å². The summed E-state index contributed by atoms with van der Waals surface area (Å²) in [5.41, 5.74) is 0.142. The van der Waals surface area contributed by atoms with Crippen molar-refractivity contribution in [3.05, 3.63) is 0 Å². The van der Waals surface area contributed by atoms with Gasteiger partial charge in [-0.25, -0.2) is 0 Å². The van der Waals surface area contributed by atoms with Crippen LogP contribution in [0.1, 0.15) is 27.7 Å². The molecular formula is C11H25N3. The van der Waals surface area contributed by atoms with Crippen LogP contribution in [0.25, 0.3) is 0 Å². The van der Waals surface area contributed by atoms with E-state index < -0.39 is 0 Å². The highest BCUT2D eigenvalue weighted by Crippen LogP contribution is 2.14. The van der Waals surface area contributed by atoms with E-state index in [0.29, 0.717) is 6.04 Å². The normalized spacial score (nSPS) is 21.9. The summed E-state index contributed by atoms with van der Waals surface area (Å²) in [4.78, 5) is 5.06. The molecule has 0 spiro atoms. The fraction of sp³-hybridized carbons (Fsp3) is 1.00. The number of nitrogens with one attached hydrogen (secondary N) is 1. The summed E-state index contributed by atoms with van der Waals surface area (Å²) in [6.07, 6.45) is 0. The van der Waals surface area contributed by atoms with E-state index in [2.05, 4.69) is 42.8 Å². The quantitative estimate of drug-likeness (QED) is 0.730. The largest absolute Gasteiger partial charge is 0.303 e. The summed E-state index contributed by atoms with van der Waals surface area (Å²) in [6, 6.07) is 0.690. The lowest BCUT2D eigenvalue weighted by atomic mass is 10.1. The number of hydrogen-bond acceptors (Lipinski definition) is 3. The Kier molecular flexibility index (Phi) is 3.93. The van der Waals surface area contributed by atoms with Crippen molar-refractivity contribution in [1.29, 1.82) is 0 Å². The van der Waals surface area contributed by atoms with Crippen molar-refractivity contribution in [2.75, 3.05) is 33.2 Å². The second kappa shape index (κ2) is 4.60. The molecule has 0 aliphatic carbocycles. The number of piperazine rings is 1. The highest BCUT2D eigenvalue weighted by atomic mass is 15.4. The highest BCUT2D eigenvalue weighted by molar-refractivity contribution is 4.83. The van der Waals surface area contributed by atoms with Crippen LogP contribution in [-0.4, -0.2) is 54.7 Å². The standard InChI is InChI=1S/C11H25N3/c1-10(2)13-6-8-14(9-7-13)11(3,4)12-5/h10,12H,6-9H2,1-5H3. The maximum Gasteiger partial charge on any atom is 0.0652 e. The van der Waals surface area contributed by atoms with Crippen LogP contribution in [0, 0.1) is 0 Å². The molecule has 0 aromatic rings. The summed E-state index contributed by atoms with van der Waals surface area (Å²) in [6.45, 7) is 13.8. The third kappa shape index (κ3) is 2.69. The molecule has 3 heteroatoms. The van der Waals surface area contributed by atoms with Gasteiger partial charge in [-0.2, -0.15) is 0 Å². The van der Waals surface area contributed by atoms with Gasteiger partial charge in [0.2, 0.25) is 0 Å².